The number of hydrogen-bond acceptors (Lipinski definition) is 3. The number of halogens is 4. The molecule has 1 fully saturated rings. The first kappa shape index (κ1) is 21.1. The van der Waals surface area contributed by atoms with Gasteiger partial charge < -0.3 is 10.4 Å². The van der Waals surface area contributed by atoms with Crippen LogP contribution in [0.15, 0.2) is 36.5 Å². The molecule has 3 rings (SSSR count). The van der Waals surface area contributed by atoms with E-state index in [1.165, 1.54) is 18.3 Å². The topological polar surface area (TPSA) is 62.2 Å². The molecule has 156 valence electrons. The van der Waals surface area contributed by atoms with Gasteiger partial charge in [0.25, 0.3) is 0 Å². The molecular formula is C21H22F4N2O2. The van der Waals surface area contributed by atoms with Crippen molar-refractivity contribution in [2.75, 3.05) is 11.9 Å². The van der Waals surface area contributed by atoms with Gasteiger partial charge in [-0.25, -0.2) is 9.37 Å². The zero-order valence-corrected chi connectivity index (χ0v) is 15.7. The van der Waals surface area contributed by atoms with E-state index >= 15 is 0 Å². The Balaban J connectivity index is 1.59. The molecule has 0 saturated heterocycles. The Hall–Kier alpha value is -2.64. The van der Waals surface area contributed by atoms with Gasteiger partial charge in [0, 0.05) is 23.9 Å². The SMILES string of the molecule is O=C(O)[C@H]1CC[C@H](CCNc2ccc(-c3c(F)cccc3C(F)(F)F)cn2)CC1. The van der Waals surface area contributed by atoms with Gasteiger partial charge in [-0.15, -0.1) is 0 Å². The van der Waals surface area contributed by atoms with E-state index in [0.717, 1.165) is 37.5 Å². The van der Waals surface area contributed by atoms with Crippen LogP contribution < -0.4 is 5.32 Å². The zero-order valence-electron chi connectivity index (χ0n) is 15.7. The number of alkyl halides is 3. The lowest BCUT2D eigenvalue weighted by Gasteiger charge is -2.26. The molecule has 0 atom stereocenters. The number of nitrogens with zero attached hydrogens (tertiary/aromatic N) is 1. The van der Waals surface area contributed by atoms with Gasteiger partial charge in [0.2, 0.25) is 0 Å². The van der Waals surface area contributed by atoms with Crippen LogP contribution in [0.25, 0.3) is 11.1 Å². The highest BCUT2D eigenvalue weighted by molar-refractivity contribution is 5.70. The number of anilines is 1. The van der Waals surface area contributed by atoms with Gasteiger partial charge >= 0.3 is 12.1 Å². The van der Waals surface area contributed by atoms with Crippen LogP contribution in [0.2, 0.25) is 0 Å². The Kier molecular flexibility index (Phi) is 6.39. The number of rotatable bonds is 6. The average molecular weight is 410 g/mol. The first-order valence-electron chi connectivity index (χ1n) is 9.54. The number of benzene rings is 1. The van der Waals surface area contributed by atoms with E-state index < -0.39 is 29.1 Å². The van der Waals surface area contributed by atoms with Crippen LogP contribution in [-0.2, 0) is 11.0 Å². The number of pyridine rings is 1. The fraction of sp³-hybridized carbons (Fsp3) is 0.429. The second kappa shape index (κ2) is 8.80. The molecule has 29 heavy (non-hydrogen) atoms. The lowest BCUT2D eigenvalue weighted by Crippen LogP contribution is -2.22. The molecule has 0 radical (unpaired) electrons. The van der Waals surface area contributed by atoms with Crippen molar-refractivity contribution in [2.24, 2.45) is 11.8 Å². The molecule has 0 bridgehead atoms. The van der Waals surface area contributed by atoms with Crippen molar-refractivity contribution in [3.05, 3.63) is 47.9 Å². The third-order valence-corrected chi connectivity index (χ3v) is 5.43. The molecule has 0 unspecified atom stereocenters. The van der Waals surface area contributed by atoms with Crippen LogP contribution in [0, 0.1) is 17.7 Å². The number of carboxylic acid groups (broad SMARTS) is 1. The highest BCUT2D eigenvalue weighted by Crippen LogP contribution is 2.38. The van der Waals surface area contributed by atoms with E-state index in [0.29, 0.717) is 31.1 Å². The van der Waals surface area contributed by atoms with Crippen LogP contribution in [0.4, 0.5) is 23.4 Å². The van der Waals surface area contributed by atoms with Gasteiger partial charge in [-0.1, -0.05) is 6.07 Å². The number of aromatic nitrogens is 1. The van der Waals surface area contributed by atoms with Gasteiger partial charge in [0.15, 0.2) is 0 Å². The highest BCUT2D eigenvalue weighted by Gasteiger charge is 2.35. The minimum atomic E-state index is -4.66. The second-order valence-electron chi connectivity index (χ2n) is 7.36. The average Bonchev–Trinajstić information content (AvgIpc) is 2.68. The fourth-order valence-electron chi connectivity index (χ4n) is 3.80. The molecular weight excluding hydrogens is 388 g/mol. The third kappa shape index (κ3) is 5.25. The van der Waals surface area contributed by atoms with Crippen LogP contribution in [0.1, 0.15) is 37.7 Å². The predicted molar refractivity (Wildman–Crippen MR) is 101 cm³/mol. The van der Waals surface area contributed by atoms with E-state index in [4.69, 9.17) is 5.11 Å². The van der Waals surface area contributed by atoms with E-state index in [-0.39, 0.29) is 11.5 Å². The van der Waals surface area contributed by atoms with Gasteiger partial charge in [0.1, 0.15) is 11.6 Å². The van der Waals surface area contributed by atoms with E-state index in [2.05, 4.69) is 10.3 Å². The maximum atomic E-state index is 14.1. The summed E-state index contributed by atoms with van der Waals surface area (Å²) in [5, 5.41) is 12.1. The fourth-order valence-corrected chi connectivity index (χ4v) is 3.80. The Labute approximate surface area is 166 Å². The molecule has 1 saturated carbocycles. The number of hydrogen-bond donors (Lipinski definition) is 2. The summed E-state index contributed by atoms with van der Waals surface area (Å²) in [6, 6.07) is 5.83. The minimum Gasteiger partial charge on any atom is -0.481 e. The summed E-state index contributed by atoms with van der Waals surface area (Å²) in [6.07, 6.45) is 0.564. The van der Waals surface area contributed by atoms with E-state index in [9.17, 15) is 22.4 Å². The minimum absolute atomic E-state index is 0.0629. The molecule has 2 N–H and O–H groups in total. The summed E-state index contributed by atoms with van der Waals surface area (Å²) >= 11 is 0. The van der Waals surface area contributed by atoms with Crippen molar-refractivity contribution in [1.29, 1.82) is 0 Å². The monoisotopic (exact) mass is 410 g/mol. The van der Waals surface area contributed by atoms with Crippen molar-refractivity contribution in [3.63, 3.8) is 0 Å². The Morgan fingerprint density at radius 1 is 1.14 bits per heavy atom. The largest absolute Gasteiger partial charge is 0.481 e. The zero-order chi connectivity index (χ0) is 21.0. The lowest BCUT2D eigenvalue weighted by atomic mass is 9.80. The first-order chi connectivity index (χ1) is 13.8. The van der Waals surface area contributed by atoms with Crippen LogP contribution in [0.3, 0.4) is 0 Å². The van der Waals surface area contributed by atoms with Crippen molar-refractivity contribution < 1.29 is 27.5 Å². The van der Waals surface area contributed by atoms with Gasteiger partial charge in [-0.3, -0.25) is 4.79 Å². The predicted octanol–water partition coefficient (Wildman–Crippen LogP) is 5.60. The number of carbonyl (C=O) groups is 1. The normalized spacial score (nSPS) is 19.7. The molecule has 1 aromatic heterocycles. The standard InChI is InChI=1S/C21H22F4N2O2/c22-17-3-1-2-16(21(23,24)25)19(17)15-8-9-18(27-12-15)26-11-10-13-4-6-14(7-5-13)20(28)29/h1-3,8-9,12-14H,4-7,10-11H2,(H,26,27)(H,28,29)/t13-,14-. The molecule has 1 heterocycles. The van der Waals surface area contributed by atoms with Crippen LogP contribution >= 0.6 is 0 Å². The van der Waals surface area contributed by atoms with Gasteiger partial charge in [-0.05, 0) is 62.3 Å². The Bertz CT molecular complexity index is 845. The maximum absolute atomic E-state index is 14.1. The number of carboxylic acids is 1. The summed E-state index contributed by atoms with van der Waals surface area (Å²) in [5.41, 5.74) is -1.47. The highest BCUT2D eigenvalue weighted by atomic mass is 19.4. The Morgan fingerprint density at radius 3 is 2.45 bits per heavy atom. The molecule has 2 aromatic rings. The van der Waals surface area contributed by atoms with Crippen LogP contribution in [-0.4, -0.2) is 22.6 Å². The van der Waals surface area contributed by atoms with E-state index in [1.54, 1.807) is 0 Å². The molecule has 0 spiro atoms. The van der Waals surface area contributed by atoms with Crippen molar-refractivity contribution >= 4 is 11.8 Å². The number of aliphatic carboxylic acids is 1. The van der Waals surface area contributed by atoms with Gasteiger partial charge in [0.05, 0.1) is 11.5 Å². The summed E-state index contributed by atoms with van der Waals surface area (Å²) in [7, 11) is 0. The summed E-state index contributed by atoms with van der Waals surface area (Å²) in [4.78, 5) is 15.1. The molecule has 4 nitrogen and oxygen atoms in total. The third-order valence-electron chi connectivity index (χ3n) is 5.43. The molecule has 1 aliphatic carbocycles. The molecule has 0 aliphatic heterocycles. The van der Waals surface area contributed by atoms with Gasteiger partial charge in [-0.2, -0.15) is 13.2 Å². The Morgan fingerprint density at radius 2 is 1.86 bits per heavy atom. The molecule has 1 aromatic carbocycles. The second-order valence-corrected chi connectivity index (χ2v) is 7.36. The summed E-state index contributed by atoms with van der Waals surface area (Å²) < 4.78 is 53.6. The maximum Gasteiger partial charge on any atom is 0.417 e. The van der Waals surface area contributed by atoms with Crippen molar-refractivity contribution in [1.82, 2.24) is 4.98 Å². The molecule has 0 amide bonds. The van der Waals surface area contributed by atoms with Crippen molar-refractivity contribution in [2.45, 2.75) is 38.3 Å². The van der Waals surface area contributed by atoms with E-state index in [1.807, 2.05) is 0 Å². The molecule has 1 aliphatic rings. The quantitative estimate of drug-likeness (QED) is 0.609. The molecule has 8 heteroatoms. The van der Waals surface area contributed by atoms with Crippen LogP contribution in [0.5, 0.6) is 0 Å². The first-order valence-corrected chi connectivity index (χ1v) is 9.54. The summed E-state index contributed by atoms with van der Waals surface area (Å²) in [5.74, 6) is -0.968. The number of nitrogens with one attached hydrogen (secondary N) is 1. The van der Waals surface area contributed by atoms with Crippen molar-refractivity contribution in [3.8, 4) is 11.1 Å². The smallest absolute Gasteiger partial charge is 0.417 e. The lowest BCUT2D eigenvalue weighted by molar-refractivity contribution is -0.143. The summed E-state index contributed by atoms with van der Waals surface area (Å²) in [6.45, 7) is 0.627.